The van der Waals surface area contributed by atoms with Gasteiger partial charge in [0.25, 0.3) is 11.8 Å². The summed E-state index contributed by atoms with van der Waals surface area (Å²) >= 11 is 3.15. The number of carbonyl (C=O) groups is 6. The first-order valence-corrected chi connectivity index (χ1v) is 30.8. The van der Waals surface area contributed by atoms with Gasteiger partial charge in [-0.1, -0.05) is 37.5 Å². The molecule has 3 unspecified atom stereocenters. The molecule has 7 heterocycles. The van der Waals surface area contributed by atoms with Crippen LogP contribution in [-0.2, 0) is 42.7 Å². The van der Waals surface area contributed by atoms with Crippen molar-refractivity contribution in [2.75, 3.05) is 96.6 Å². The van der Waals surface area contributed by atoms with Crippen LogP contribution in [0.5, 0.6) is 23.0 Å². The highest BCUT2D eigenvalue weighted by molar-refractivity contribution is 7.08. The summed E-state index contributed by atoms with van der Waals surface area (Å²) in [5.41, 5.74) is 4.28. The predicted octanol–water partition coefficient (Wildman–Crippen LogP) is 9.58. The molecule has 5 aliphatic heterocycles. The number of hydrogen-bond donors (Lipinski definition) is 2. The average molecular weight is 1260 g/mol. The Morgan fingerprint density at radius 2 is 1.22 bits per heavy atom. The van der Waals surface area contributed by atoms with E-state index in [1.54, 1.807) is 39.7 Å². The number of ether oxygens (including phenoxy) is 11. The summed E-state index contributed by atoms with van der Waals surface area (Å²) < 4.78 is 62.8. The number of aliphatic carboxylic acids is 1. The molecule has 1 fully saturated rings. The number of rotatable bonds is 24. The summed E-state index contributed by atoms with van der Waals surface area (Å²) in [7, 11) is 2.90. The number of thiophene rings is 2. The number of fused-ring (bicyclic) bond motifs is 4. The molecule has 5 atom stereocenters. The summed E-state index contributed by atoms with van der Waals surface area (Å²) in [6, 6.07) is 8.83. The molecule has 2 N–H and O–H groups in total. The van der Waals surface area contributed by atoms with Crippen LogP contribution < -0.4 is 28.7 Å². The quantitative estimate of drug-likeness (QED) is 0.0286. The minimum absolute atomic E-state index is 0.0300. The largest absolute Gasteiger partial charge is 0.493 e. The van der Waals surface area contributed by atoms with Gasteiger partial charge < -0.3 is 72.1 Å². The Labute approximate surface area is 519 Å². The molecule has 25 heteroatoms. The molecule has 4 amide bonds. The van der Waals surface area contributed by atoms with E-state index in [-0.39, 0.29) is 130 Å². The third-order valence-electron chi connectivity index (χ3n) is 14.5. The van der Waals surface area contributed by atoms with Crippen LogP contribution in [0.15, 0.2) is 95.4 Å². The molecule has 9 rings (SSSR count). The molecule has 0 bridgehead atoms. The lowest BCUT2D eigenvalue weighted by Gasteiger charge is -2.42. The molecule has 474 valence electrons. The van der Waals surface area contributed by atoms with Crippen LogP contribution in [0.25, 0.3) is 11.1 Å². The average Bonchev–Trinajstić information content (AvgIpc) is 1.87. The third-order valence-corrected chi connectivity index (χ3v) is 15.9. The van der Waals surface area contributed by atoms with E-state index in [9.17, 15) is 33.9 Å². The van der Waals surface area contributed by atoms with Crippen LogP contribution in [0.2, 0.25) is 0 Å². The molecule has 5 aliphatic rings. The maximum Gasteiger partial charge on any atom is 0.416 e. The first-order valence-electron chi connectivity index (χ1n) is 28.9. The zero-order chi connectivity index (χ0) is 62.9. The first-order chi connectivity index (χ1) is 42.4. The van der Waals surface area contributed by atoms with Crippen molar-refractivity contribution in [3.05, 3.63) is 118 Å². The molecule has 88 heavy (non-hydrogen) atoms. The number of esters is 1. The molecule has 0 radical (unpaired) electrons. The summed E-state index contributed by atoms with van der Waals surface area (Å²) in [6.45, 7) is 14.3. The molecule has 4 aromatic rings. The standard InChI is InChI=1S/C36H46N2O10S.C27H30N2O9S/c1-6-14-46-35(41)38-27-22-30(44-18-17-43-16-11-31(39)48-36(2,3)4)29(42-5)21-26(27)33(40)37-13-10-24(25-12-19-49-23-25)20-28(37)34(38)47-32-9-7-8-15-45-32;1-3-8-38-27(34)29-20-15-23(37-11-10-36-9-5-24(30)31)22(35-2)14-19(20)25(32)28-7-4-17(13-21(28)26(29)33)18-6-12-39-16-18/h6,10,12,19,21-23,28,32,34H,1,7-9,11,13-18,20H2,2-5H3;3-4,6,12,14-16,21,26,33H,1,5,7-11,13H2,2H3,(H,30,31)/t28-,32?,34?;21-,26?/m00/s1. The lowest BCUT2D eigenvalue weighted by molar-refractivity contribution is -0.196. The molecule has 0 spiro atoms. The number of carboxylic acids is 1. The number of methoxy groups -OCH3 is 2. The summed E-state index contributed by atoms with van der Waals surface area (Å²) in [5.74, 6) is -0.941. The van der Waals surface area contributed by atoms with Crippen molar-refractivity contribution in [3.63, 3.8) is 0 Å². The van der Waals surface area contributed by atoms with Crippen molar-refractivity contribution in [3.8, 4) is 23.0 Å². The van der Waals surface area contributed by atoms with Gasteiger partial charge in [-0.15, -0.1) is 0 Å². The summed E-state index contributed by atoms with van der Waals surface area (Å²) in [5, 5.41) is 28.3. The SMILES string of the molecule is C=CCOC(=O)N1c2cc(OCCOCCC(=O)O)c(OC)cc2C(=O)N2CC=C(c3ccsc3)C[C@H]2C1O.C=CCOC(=O)N1c2cc(OCCOCCC(=O)OC(C)(C)C)c(OC)cc2C(=O)N2CC=C(c3ccsc3)C[C@H]2C1OC1CCCCO1. The zero-order valence-electron chi connectivity index (χ0n) is 50.1. The Kier molecular flexibility index (Phi) is 23.6. The van der Waals surface area contributed by atoms with Gasteiger partial charge in [0.1, 0.15) is 32.0 Å². The number of anilines is 2. The van der Waals surface area contributed by atoms with Gasteiger partial charge in [0, 0.05) is 31.8 Å². The second-order valence-corrected chi connectivity index (χ2v) is 23.2. The Morgan fingerprint density at radius 3 is 1.70 bits per heavy atom. The van der Waals surface area contributed by atoms with Gasteiger partial charge in [0.15, 0.2) is 41.7 Å². The predicted molar refractivity (Wildman–Crippen MR) is 327 cm³/mol. The number of nitrogens with zero attached hydrogens (tertiary/aromatic N) is 4. The van der Waals surface area contributed by atoms with E-state index in [4.69, 9.17) is 57.2 Å². The highest BCUT2D eigenvalue weighted by atomic mass is 32.1. The summed E-state index contributed by atoms with van der Waals surface area (Å²) in [6.07, 6.45) is 5.62. The molecule has 0 aliphatic carbocycles. The number of carboxylic acid groups (broad SMARTS) is 1. The topological polar surface area (TPSA) is 257 Å². The van der Waals surface area contributed by atoms with Crippen molar-refractivity contribution in [2.45, 2.75) is 102 Å². The van der Waals surface area contributed by atoms with E-state index in [2.05, 4.69) is 18.5 Å². The zero-order valence-corrected chi connectivity index (χ0v) is 51.7. The van der Waals surface area contributed by atoms with Crippen LogP contribution in [0.1, 0.15) is 97.6 Å². The lowest BCUT2D eigenvalue weighted by atomic mass is 9.94. The molecule has 2 aromatic carbocycles. The first kappa shape index (κ1) is 66.2. The van der Waals surface area contributed by atoms with Gasteiger partial charge in [0.05, 0.1) is 88.1 Å². The van der Waals surface area contributed by atoms with E-state index >= 15 is 0 Å². The van der Waals surface area contributed by atoms with Crippen LogP contribution in [0.3, 0.4) is 0 Å². The highest BCUT2D eigenvalue weighted by Crippen LogP contribution is 2.45. The van der Waals surface area contributed by atoms with Gasteiger partial charge in [-0.25, -0.2) is 19.4 Å². The van der Waals surface area contributed by atoms with Gasteiger partial charge >= 0.3 is 24.1 Å². The van der Waals surface area contributed by atoms with Crippen LogP contribution >= 0.6 is 22.7 Å². The van der Waals surface area contributed by atoms with E-state index in [1.165, 1.54) is 48.3 Å². The van der Waals surface area contributed by atoms with Crippen molar-refractivity contribution in [2.24, 2.45) is 0 Å². The Hall–Kier alpha value is -7.78. The third kappa shape index (κ3) is 16.7. The van der Waals surface area contributed by atoms with Gasteiger partial charge in [-0.2, -0.15) is 22.7 Å². The molecule has 2 aromatic heterocycles. The minimum atomic E-state index is -1.42. The van der Waals surface area contributed by atoms with E-state index in [0.717, 1.165) is 40.0 Å². The summed E-state index contributed by atoms with van der Waals surface area (Å²) in [4.78, 5) is 83.8. The van der Waals surface area contributed by atoms with Crippen LogP contribution in [-0.4, -0.2) is 179 Å². The second kappa shape index (κ2) is 31.4. The van der Waals surface area contributed by atoms with Gasteiger partial charge in [-0.3, -0.25) is 19.2 Å². The van der Waals surface area contributed by atoms with E-state index in [0.29, 0.717) is 38.2 Å². The van der Waals surface area contributed by atoms with Crippen LogP contribution in [0, 0.1) is 0 Å². The van der Waals surface area contributed by atoms with Crippen molar-refractivity contribution in [1.29, 1.82) is 0 Å². The van der Waals surface area contributed by atoms with E-state index in [1.807, 2.05) is 61.2 Å². The van der Waals surface area contributed by atoms with Crippen LogP contribution in [0.4, 0.5) is 21.0 Å². The molecule has 23 nitrogen and oxygen atoms in total. The Morgan fingerprint density at radius 1 is 0.693 bits per heavy atom. The van der Waals surface area contributed by atoms with Gasteiger partial charge in [-0.05, 0) is 121 Å². The lowest BCUT2D eigenvalue weighted by Crippen LogP contribution is -2.57. The van der Waals surface area contributed by atoms with Crippen molar-refractivity contribution in [1.82, 2.24) is 9.80 Å². The molecular weight excluding hydrogens is 1180 g/mol. The Bertz CT molecular complexity index is 3150. The smallest absolute Gasteiger partial charge is 0.416 e. The maximum atomic E-state index is 14.4. The van der Waals surface area contributed by atoms with Gasteiger partial charge in [0.2, 0.25) is 0 Å². The highest BCUT2D eigenvalue weighted by Gasteiger charge is 2.48. The second-order valence-electron chi connectivity index (χ2n) is 21.6. The number of benzene rings is 2. The number of amides is 4. The number of aliphatic hydroxyl groups excluding tert-OH is 1. The number of aliphatic hydroxyl groups is 1. The minimum Gasteiger partial charge on any atom is -0.493 e. The Balaban J connectivity index is 0.000000234. The molecule has 1 saturated heterocycles. The maximum absolute atomic E-state index is 14.4. The molecular formula is C63H76N4O19S2. The fraction of sp³-hybridized carbons (Fsp3) is 0.460. The fourth-order valence-electron chi connectivity index (χ4n) is 10.5. The monoisotopic (exact) mass is 1260 g/mol. The number of carbonyl (C=O) groups excluding carboxylic acids is 5. The molecule has 0 saturated carbocycles. The van der Waals surface area contributed by atoms with Crippen molar-refractivity contribution < 1.29 is 91.1 Å². The van der Waals surface area contributed by atoms with E-state index < -0.39 is 54.6 Å². The fourth-order valence-corrected chi connectivity index (χ4v) is 11.8. The number of hydrogen-bond acceptors (Lipinski definition) is 20. The van der Waals surface area contributed by atoms with Crippen molar-refractivity contribution >= 4 is 81.1 Å². The normalized spacial score (nSPS) is 19.7.